The van der Waals surface area contributed by atoms with Crippen LogP contribution in [0, 0.1) is 20.2 Å². The van der Waals surface area contributed by atoms with E-state index < -0.39 is 15.8 Å². The highest BCUT2D eigenvalue weighted by Crippen LogP contribution is 2.31. The normalized spacial score (nSPS) is 13.9. The Bertz CT molecular complexity index is 1640. The van der Waals surface area contributed by atoms with Gasteiger partial charge in [0, 0.05) is 53.5 Å². The molecule has 12 nitrogen and oxygen atoms in total. The number of non-ortho nitro benzene ring substituents is 1. The zero-order chi connectivity index (χ0) is 28.2. The van der Waals surface area contributed by atoms with Gasteiger partial charge in [-0.05, 0) is 42.5 Å². The second kappa shape index (κ2) is 11.0. The van der Waals surface area contributed by atoms with Crippen LogP contribution in [0.3, 0.4) is 0 Å². The highest BCUT2D eigenvalue weighted by atomic mass is 16.6. The van der Waals surface area contributed by atoms with Gasteiger partial charge in [-0.3, -0.25) is 25.0 Å². The van der Waals surface area contributed by atoms with Crippen LogP contribution in [0.15, 0.2) is 91.3 Å². The summed E-state index contributed by atoms with van der Waals surface area (Å²) in [7, 11) is 1.95. The van der Waals surface area contributed by atoms with Crippen LogP contribution in [-0.2, 0) is 0 Å². The van der Waals surface area contributed by atoms with Gasteiger partial charge in [0.25, 0.3) is 17.3 Å². The van der Waals surface area contributed by atoms with Crippen molar-refractivity contribution in [3.8, 4) is 0 Å². The van der Waals surface area contributed by atoms with E-state index >= 15 is 0 Å². The number of pyridine rings is 1. The number of hydrogen-bond donors (Lipinski definition) is 4. The monoisotopic (exact) mass is 539 g/mol. The van der Waals surface area contributed by atoms with Crippen molar-refractivity contribution in [3.63, 3.8) is 0 Å². The number of anilines is 4. The van der Waals surface area contributed by atoms with Crippen molar-refractivity contribution in [2.24, 2.45) is 0 Å². The molecule has 3 aromatic carbocycles. The number of carbonyl (C=O) groups is 1. The topological polar surface area (TPSA) is 158 Å². The van der Waals surface area contributed by atoms with Crippen LogP contribution in [0.5, 0.6) is 0 Å². The van der Waals surface area contributed by atoms with Gasteiger partial charge >= 0.3 is 0 Å². The molecule has 200 valence electrons. The van der Waals surface area contributed by atoms with Crippen molar-refractivity contribution in [2.75, 3.05) is 29.5 Å². The molecule has 12 heteroatoms. The van der Waals surface area contributed by atoms with Crippen molar-refractivity contribution < 1.29 is 24.5 Å². The quantitative estimate of drug-likeness (QED) is 0.195. The highest BCUT2D eigenvalue weighted by Gasteiger charge is 2.25. The van der Waals surface area contributed by atoms with Gasteiger partial charge in [-0.1, -0.05) is 0 Å². The first-order chi connectivity index (χ1) is 19.3. The summed E-state index contributed by atoms with van der Waals surface area (Å²) in [5.74, 6) is -0.624. The Morgan fingerprint density at radius 1 is 0.825 bits per heavy atom. The molecule has 1 aliphatic rings. The lowest BCUT2D eigenvalue weighted by molar-refractivity contribution is -0.803. The van der Waals surface area contributed by atoms with Gasteiger partial charge < -0.3 is 20.9 Å². The number of fused-ring (bicyclic) bond motifs is 1. The minimum Gasteiger partial charge on any atom is -0.355 e. The summed E-state index contributed by atoms with van der Waals surface area (Å²) in [6.45, 7) is 0.619. The number of amides is 1. The molecule has 0 fully saturated rings. The lowest BCUT2D eigenvalue weighted by Gasteiger charge is -2.23. The minimum absolute atomic E-state index is 0.0540. The number of H-pyrrole nitrogens is 1. The number of quaternary nitrogens is 1. The van der Waals surface area contributed by atoms with Crippen molar-refractivity contribution in [1.29, 1.82) is 0 Å². The number of likely N-dealkylation sites (N-methyl/N-ethyl adjacent to an activating group) is 1. The standard InChI is InChI=1S/C28H23N7O5/c1-33-15-12-25(24-17-22(34(37)38)7-9-26(24)33)31-21-6-8-23(27(16-21)35(39)40)28(36)32-19-4-2-18(3-5-19)30-20-10-13-29-14-11-20/h2-14,16-17,31H,15H2,1H3,(H,29,30)(H,32,36)/p+2. The van der Waals surface area contributed by atoms with E-state index in [1.54, 1.807) is 48.8 Å². The molecule has 1 unspecified atom stereocenters. The third kappa shape index (κ3) is 5.61. The molecule has 5 N–H and O–H groups in total. The second-order valence-corrected chi connectivity index (χ2v) is 9.15. The highest BCUT2D eigenvalue weighted by molar-refractivity contribution is 6.07. The van der Waals surface area contributed by atoms with Gasteiger partial charge in [-0.2, -0.15) is 0 Å². The Morgan fingerprint density at radius 2 is 1.50 bits per heavy atom. The van der Waals surface area contributed by atoms with Crippen LogP contribution in [0.1, 0.15) is 15.9 Å². The Kier molecular flexibility index (Phi) is 7.16. The fourth-order valence-electron chi connectivity index (χ4n) is 4.41. The van der Waals surface area contributed by atoms with E-state index in [9.17, 15) is 25.0 Å². The predicted octanol–water partition coefficient (Wildman–Crippen LogP) is 3.93. The number of rotatable bonds is 8. The van der Waals surface area contributed by atoms with Gasteiger partial charge in [-0.15, -0.1) is 0 Å². The average Bonchev–Trinajstić information content (AvgIpc) is 2.96. The number of nitro benzene ring substituents is 2. The van der Waals surface area contributed by atoms with Crippen molar-refractivity contribution in [3.05, 3.63) is 123 Å². The molecule has 2 heterocycles. The maximum atomic E-state index is 13.0. The van der Waals surface area contributed by atoms with Crippen molar-refractivity contribution in [2.45, 2.75) is 0 Å². The first kappa shape index (κ1) is 26.0. The maximum absolute atomic E-state index is 13.0. The molecular weight excluding hydrogens is 514 g/mol. The third-order valence-electron chi connectivity index (χ3n) is 6.44. The molecule has 40 heavy (non-hydrogen) atoms. The molecule has 1 amide bonds. The van der Waals surface area contributed by atoms with E-state index in [1.807, 2.05) is 25.3 Å². The van der Waals surface area contributed by atoms with Gasteiger partial charge in [0.15, 0.2) is 12.4 Å². The fraction of sp³-hybridized carbons (Fsp3) is 0.0714. The van der Waals surface area contributed by atoms with E-state index in [2.05, 4.69) is 20.9 Å². The van der Waals surface area contributed by atoms with Gasteiger partial charge in [0.2, 0.25) is 0 Å². The Morgan fingerprint density at radius 3 is 2.20 bits per heavy atom. The lowest BCUT2D eigenvalue weighted by Crippen LogP contribution is -3.04. The molecule has 0 spiro atoms. The van der Waals surface area contributed by atoms with E-state index in [-0.39, 0.29) is 16.9 Å². The summed E-state index contributed by atoms with van der Waals surface area (Å²) in [6.07, 6.45) is 5.46. The van der Waals surface area contributed by atoms with Gasteiger partial charge in [-0.25, -0.2) is 4.98 Å². The zero-order valence-corrected chi connectivity index (χ0v) is 21.3. The van der Waals surface area contributed by atoms with E-state index in [0.29, 0.717) is 29.2 Å². The molecule has 0 bridgehead atoms. The van der Waals surface area contributed by atoms with Crippen LogP contribution in [0.2, 0.25) is 0 Å². The smallest absolute Gasteiger partial charge is 0.284 e. The Balaban J connectivity index is 1.34. The molecule has 1 aliphatic heterocycles. The fourth-order valence-corrected chi connectivity index (χ4v) is 4.41. The largest absolute Gasteiger partial charge is 0.355 e. The molecule has 0 radical (unpaired) electrons. The van der Waals surface area contributed by atoms with Crippen LogP contribution < -0.4 is 25.8 Å². The first-order valence-corrected chi connectivity index (χ1v) is 12.3. The zero-order valence-electron chi connectivity index (χ0n) is 21.3. The number of carbonyl (C=O) groups excluding carboxylic acids is 1. The predicted molar refractivity (Wildman–Crippen MR) is 150 cm³/mol. The number of aromatic amines is 1. The van der Waals surface area contributed by atoms with E-state index in [1.165, 1.54) is 24.3 Å². The SMILES string of the molecule is C[NH+]1CC=C(Nc2ccc(C(=O)Nc3ccc(Nc4cc[nH+]cc4)cc3)c([N+](=O)[O-])c2)c2cc([N+](=O)[O-])ccc21. The first-order valence-electron chi connectivity index (χ1n) is 12.3. The number of hydrogen-bond acceptors (Lipinski definition) is 7. The number of nitro groups is 2. The molecule has 1 atom stereocenters. The Labute approximate surface area is 228 Å². The summed E-state index contributed by atoms with van der Waals surface area (Å²) < 4.78 is 0. The summed E-state index contributed by atoms with van der Waals surface area (Å²) in [4.78, 5) is 39.1. The number of benzene rings is 3. The summed E-state index contributed by atoms with van der Waals surface area (Å²) >= 11 is 0. The lowest BCUT2D eigenvalue weighted by atomic mass is 10.0. The third-order valence-corrected chi connectivity index (χ3v) is 6.44. The second-order valence-electron chi connectivity index (χ2n) is 9.15. The molecule has 0 saturated heterocycles. The summed E-state index contributed by atoms with van der Waals surface area (Å²) in [5, 5.41) is 32.3. The molecule has 0 aliphatic carbocycles. The summed E-state index contributed by atoms with van der Waals surface area (Å²) in [5.41, 5.74) is 4.11. The van der Waals surface area contributed by atoms with Crippen LogP contribution in [0.25, 0.3) is 5.70 Å². The van der Waals surface area contributed by atoms with Crippen LogP contribution in [0.4, 0.5) is 39.8 Å². The van der Waals surface area contributed by atoms with Crippen LogP contribution >= 0.6 is 0 Å². The average molecular weight is 540 g/mol. The van der Waals surface area contributed by atoms with E-state index in [0.717, 1.165) is 22.0 Å². The number of nitrogens with zero attached hydrogens (tertiary/aromatic N) is 2. The molecule has 4 aromatic rings. The maximum Gasteiger partial charge on any atom is 0.284 e. The van der Waals surface area contributed by atoms with Crippen LogP contribution in [-0.4, -0.2) is 29.3 Å². The van der Waals surface area contributed by atoms with E-state index in [4.69, 9.17) is 0 Å². The molecule has 5 rings (SSSR count). The van der Waals surface area contributed by atoms with Gasteiger partial charge in [0.1, 0.15) is 17.8 Å². The number of aromatic nitrogens is 1. The molecule has 0 saturated carbocycles. The molecular formula is C28H25N7O5+2. The van der Waals surface area contributed by atoms with Crippen molar-refractivity contribution in [1.82, 2.24) is 0 Å². The minimum atomic E-state index is -0.624. The Hall–Kier alpha value is -5.62. The molecule has 1 aromatic heterocycles. The van der Waals surface area contributed by atoms with Gasteiger partial charge in [0.05, 0.1) is 33.8 Å². The summed E-state index contributed by atoms with van der Waals surface area (Å²) in [6, 6.07) is 19.6. The van der Waals surface area contributed by atoms with Crippen molar-refractivity contribution >= 4 is 51.4 Å². The number of nitrogens with one attached hydrogen (secondary N) is 5.